The van der Waals surface area contributed by atoms with E-state index in [0.717, 1.165) is 32.5 Å². The highest BCUT2D eigenvalue weighted by molar-refractivity contribution is 6.30. The third kappa shape index (κ3) is 3.23. The Hall–Kier alpha value is -2.68. The van der Waals surface area contributed by atoms with Crippen LogP contribution in [0.25, 0.3) is 0 Å². The van der Waals surface area contributed by atoms with Gasteiger partial charge < -0.3 is 19.1 Å². The summed E-state index contributed by atoms with van der Waals surface area (Å²) in [5.74, 6) is -2.70. The van der Waals surface area contributed by atoms with E-state index < -0.39 is 30.2 Å². The van der Waals surface area contributed by atoms with Crippen molar-refractivity contribution in [2.24, 2.45) is 0 Å². The summed E-state index contributed by atoms with van der Waals surface area (Å²) in [7, 11) is 0. The summed E-state index contributed by atoms with van der Waals surface area (Å²) in [6, 6.07) is 1.37. The van der Waals surface area contributed by atoms with Crippen molar-refractivity contribution in [3.63, 3.8) is 0 Å². The van der Waals surface area contributed by atoms with E-state index in [0.29, 0.717) is 6.42 Å². The lowest BCUT2D eigenvalue weighted by Crippen LogP contribution is -2.51. The van der Waals surface area contributed by atoms with Crippen molar-refractivity contribution in [2.75, 3.05) is 26.2 Å². The van der Waals surface area contributed by atoms with Crippen molar-refractivity contribution < 1.29 is 28.6 Å². The maximum absolute atomic E-state index is 13.1. The van der Waals surface area contributed by atoms with E-state index in [4.69, 9.17) is 14.2 Å². The molecular formula is C18H21N3O6. The number of ether oxygens (including phenoxy) is 3. The number of pyridine rings is 1. The SMILES string of the molecule is CCN1C(=O)c2c3ccnc2OC(CCN2CCCC2)C1OC(=O)C(=O)O3. The summed E-state index contributed by atoms with van der Waals surface area (Å²) in [6.07, 6.45) is 2.57. The molecule has 1 saturated heterocycles. The number of aromatic nitrogens is 1. The Bertz CT molecular complexity index is 776. The Morgan fingerprint density at radius 1 is 1.15 bits per heavy atom. The smallest absolute Gasteiger partial charge is 0.422 e. The first-order valence-electron chi connectivity index (χ1n) is 9.20. The molecule has 4 rings (SSSR count). The molecule has 0 saturated carbocycles. The monoisotopic (exact) mass is 375 g/mol. The molecule has 2 atom stereocenters. The summed E-state index contributed by atoms with van der Waals surface area (Å²) in [4.78, 5) is 45.2. The summed E-state index contributed by atoms with van der Waals surface area (Å²) in [5.41, 5.74) is 0.0414. The van der Waals surface area contributed by atoms with Gasteiger partial charge in [-0.3, -0.25) is 9.69 Å². The van der Waals surface area contributed by atoms with Crippen LogP contribution >= 0.6 is 0 Å². The van der Waals surface area contributed by atoms with Gasteiger partial charge in [0, 0.05) is 31.8 Å². The Morgan fingerprint density at radius 2 is 1.93 bits per heavy atom. The Kier molecular flexibility index (Phi) is 4.69. The van der Waals surface area contributed by atoms with Crippen LogP contribution in [0, 0.1) is 0 Å². The fourth-order valence-electron chi connectivity index (χ4n) is 3.74. The van der Waals surface area contributed by atoms with E-state index in [9.17, 15) is 14.4 Å². The van der Waals surface area contributed by atoms with Crippen molar-refractivity contribution in [3.05, 3.63) is 17.8 Å². The first-order valence-corrected chi connectivity index (χ1v) is 9.20. The largest absolute Gasteiger partial charge is 0.468 e. The molecule has 9 heteroatoms. The van der Waals surface area contributed by atoms with Crippen molar-refractivity contribution in [1.82, 2.24) is 14.8 Å². The van der Waals surface area contributed by atoms with E-state index in [1.807, 2.05) is 0 Å². The third-order valence-corrected chi connectivity index (χ3v) is 5.11. The molecule has 1 amide bonds. The van der Waals surface area contributed by atoms with Crippen molar-refractivity contribution in [1.29, 1.82) is 0 Å². The van der Waals surface area contributed by atoms with Gasteiger partial charge in [-0.1, -0.05) is 0 Å². The zero-order chi connectivity index (χ0) is 19.0. The summed E-state index contributed by atoms with van der Waals surface area (Å²) < 4.78 is 16.4. The van der Waals surface area contributed by atoms with Crippen LogP contribution in [0.4, 0.5) is 0 Å². The number of likely N-dealkylation sites (N-methyl/N-ethyl adjacent to an activating group) is 1. The van der Waals surface area contributed by atoms with Crippen LogP contribution in [0.3, 0.4) is 0 Å². The summed E-state index contributed by atoms with van der Waals surface area (Å²) >= 11 is 0. The van der Waals surface area contributed by atoms with Crippen LogP contribution in [0.1, 0.15) is 36.5 Å². The lowest BCUT2D eigenvalue weighted by atomic mass is 10.1. The molecule has 0 aliphatic carbocycles. The fraction of sp³-hybridized carbons (Fsp3) is 0.556. The molecule has 3 aliphatic heterocycles. The highest BCUT2D eigenvalue weighted by Crippen LogP contribution is 2.35. The van der Waals surface area contributed by atoms with E-state index >= 15 is 0 Å². The van der Waals surface area contributed by atoms with Gasteiger partial charge in [-0.25, -0.2) is 14.6 Å². The lowest BCUT2D eigenvalue weighted by Gasteiger charge is -2.32. The van der Waals surface area contributed by atoms with Crippen LogP contribution in [0.5, 0.6) is 11.6 Å². The van der Waals surface area contributed by atoms with Crippen LogP contribution in [0.15, 0.2) is 12.3 Å². The second-order valence-electron chi connectivity index (χ2n) is 6.76. The average molecular weight is 375 g/mol. The highest BCUT2D eigenvalue weighted by atomic mass is 16.6. The molecule has 0 aromatic carbocycles. The highest BCUT2D eigenvalue weighted by Gasteiger charge is 2.44. The first-order chi connectivity index (χ1) is 13.1. The van der Waals surface area contributed by atoms with E-state index in [2.05, 4.69) is 9.88 Å². The lowest BCUT2D eigenvalue weighted by molar-refractivity contribution is -0.176. The Labute approximate surface area is 156 Å². The van der Waals surface area contributed by atoms with Gasteiger partial charge in [-0.15, -0.1) is 0 Å². The standard InChI is InChI=1S/C18H21N3O6/c1-2-21-15(22)13-11-5-7-19-14(13)25-12(6-10-20-8-3-4-9-20)16(21)27-18(24)17(23)26-11/h5,7,12,16H,2-4,6,8-10H2,1H3. The first kappa shape index (κ1) is 17.7. The van der Waals surface area contributed by atoms with Gasteiger partial charge in [0.25, 0.3) is 5.91 Å². The third-order valence-electron chi connectivity index (χ3n) is 5.11. The molecule has 0 N–H and O–H groups in total. The van der Waals surface area contributed by atoms with Crippen molar-refractivity contribution >= 4 is 17.8 Å². The summed E-state index contributed by atoms with van der Waals surface area (Å²) in [5, 5.41) is 0. The molecule has 27 heavy (non-hydrogen) atoms. The molecular weight excluding hydrogens is 354 g/mol. The fourth-order valence-corrected chi connectivity index (χ4v) is 3.74. The number of carbonyl (C=O) groups excluding carboxylic acids is 3. The number of esters is 2. The number of nitrogens with zero attached hydrogens (tertiary/aromatic N) is 3. The molecule has 1 aromatic heterocycles. The van der Waals surface area contributed by atoms with Gasteiger partial charge in [0.2, 0.25) is 12.1 Å². The Morgan fingerprint density at radius 3 is 2.67 bits per heavy atom. The van der Waals surface area contributed by atoms with E-state index in [1.165, 1.54) is 17.2 Å². The number of likely N-dealkylation sites (tertiary alicyclic amines) is 1. The summed E-state index contributed by atoms with van der Waals surface area (Å²) in [6.45, 7) is 4.82. The minimum absolute atomic E-state index is 0.0414. The minimum atomic E-state index is -1.16. The van der Waals surface area contributed by atoms with Crippen LogP contribution < -0.4 is 9.47 Å². The maximum atomic E-state index is 13.1. The second kappa shape index (κ2) is 7.15. The molecule has 9 nitrogen and oxygen atoms in total. The molecule has 0 spiro atoms. The van der Waals surface area contributed by atoms with Gasteiger partial charge >= 0.3 is 11.9 Å². The topological polar surface area (TPSA) is 98.3 Å². The van der Waals surface area contributed by atoms with Crippen LogP contribution in [0.2, 0.25) is 0 Å². The van der Waals surface area contributed by atoms with Crippen molar-refractivity contribution in [3.8, 4) is 11.6 Å². The number of hydrogen-bond donors (Lipinski definition) is 0. The molecule has 2 bridgehead atoms. The number of hydrogen-bond acceptors (Lipinski definition) is 8. The van der Waals surface area contributed by atoms with Crippen LogP contribution in [-0.4, -0.2) is 71.1 Å². The molecule has 3 aliphatic rings. The van der Waals surface area contributed by atoms with Gasteiger partial charge in [0.15, 0.2) is 11.9 Å². The minimum Gasteiger partial charge on any atom is -0.468 e. The predicted octanol–water partition coefficient (Wildman–Crippen LogP) is 0.579. The van der Waals surface area contributed by atoms with E-state index in [1.54, 1.807) is 6.92 Å². The van der Waals surface area contributed by atoms with Gasteiger partial charge in [0.1, 0.15) is 5.56 Å². The van der Waals surface area contributed by atoms with E-state index in [-0.39, 0.29) is 23.7 Å². The molecule has 4 heterocycles. The second-order valence-corrected chi connectivity index (χ2v) is 6.76. The number of amides is 1. The Balaban J connectivity index is 1.74. The number of rotatable bonds is 4. The van der Waals surface area contributed by atoms with Gasteiger partial charge in [-0.05, 0) is 32.9 Å². The van der Waals surface area contributed by atoms with Crippen molar-refractivity contribution in [2.45, 2.75) is 38.5 Å². The quantitative estimate of drug-likeness (QED) is 0.557. The molecule has 144 valence electrons. The molecule has 2 unspecified atom stereocenters. The zero-order valence-electron chi connectivity index (χ0n) is 15.1. The maximum Gasteiger partial charge on any atom is 0.422 e. The average Bonchev–Trinajstić information content (AvgIpc) is 3.14. The zero-order valence-corrected chi connectivity index (χ0v) is 15.1. The van der Waals surface area contributed by atoms with Gasteiger partial charge in [-0.2, -0.15) is 0 Å². The normalized spacial score (nSPS) is 25.2. The van der Waals surface area contributed by atoms with Crippen LogP contribution in [-0.2, 0) is 14.3 Å². The van der Waals surface area contributed by atoms with Gasteiger partial charge in [0.05, 0.1) is 0 Å². The number of carbonyl (C=O) groups is 3. The molecule has 0 radical (unpaired) electrons. The molecule has 1 fully saturated rings. The molecule has 1 aromatic rings. The predicted molar refractivity (Wildman–Crippen MR) is 91.2 cm³/mol. The number of fused-ring (bicyclic) bond motifs is 2.